The van der Waals surface area contributed by atoms with Crippen LogP contribution in [0.25, 0.3) is 10.2 Å². The normalized spacial score (nSPS) is 23.5. The van der Waals surface area contributed by atoms with Gasteiger partial charge in [-0.2, -0.15) is 4.98 Å². The van der Waals surface area contributed by atoms with E-state index in [0.717, 1.165) is 33.5 Å². The van der Waals surface area contributed by atoms with Gasteiger partial charge in [0.05, 0.1) is 17.4 Å². The number of aryl methyl sites for hydroxylation is 1. The van der Waals surface area contributed by atoms with E-state index in [9.17, 15) is 4.79 Å². The first-order valence-electron chi connectivity index (χ1n) is 9.38. The number of rotatable bonds is 5. The fraction of sp³-hybridized carbons (Fsp3) is 0.632. The fourth-order valence-corrected chi connectivity index (χ4v) is 5.53. The molecule has 2 fully saturated rings. The Hall–Kier alpha value is -1.48. The van der Waals surface area contributed by atoms with Crippen LogP contribution >= 0.6 is 23.7 Å². The van der Waals surface area contributed by atoms with Crippen molar-refractivity contribution in [2.24, 2.45) is 0 Å². The first kappa shape index (κ1) is 21.2. The Labute approximate surface area is 175 Å². The zero-order chi connectivity index (χ0) is 19.1. The van der Waals surface area contributed by atoms with Gasteiger partial charge in [0.1, 0.15) is 11.4 Å². The van der Waals surface area contributed by atoms with Gasteiger partial charge in [-0.1, -0.05) is 0 Å². The first-order chi connectivity index (χ1) is 13.0. The summed E-state index contributed by atoms with van der Waals surface area (Å²) >= 11 is 1.42. The topological polar surface area (TPSA) is 76.6 Å². The third-order valence-corrected chi connectivity index (χ3v) is 6.95. The van der Waals surface area contributed by atoms with Gasteiger partial charge >= 0.3 is 0 Å². The van der Waals surface area contributed by atoms with Crippen molar-refractivity contribution in [2.75, 3.05) is 21.3 Å². The van der Waals surface area contributed by atoms with E-state index < -0.39 is 0 Å². The summed E-state index contributed by atoms with van der Waals surface area (Å²) in [5, 5.41) is 4.46. The van der Waals surface area contributed by atoms with Gasteiger partial charge in [-0.15, -0.1) is 23.7 Å². The summed E-state index contributed by atoms with van der Waals surface area (Å²) < 4.78 is 10.6. The first-order valence-corrected chi connectivity index (χ1v) is 10.2. The number of ether oxygens (including phenoxy) is 2. The zero-order valence-electron chi connectivity index (χ0n) is 16.7. The molecule has 0 aliphatic carbocycles. The molecule has 2 aromatic rings. The van der Waals surface area contributed by atoms with Crippen molar-refractivity contribution >= 4 is 39.9 Å². The molecule has 9 heteroatoms. The number of aromatic nitrogens is 2. The summed E-state index contributed by atoms with van der Waals surface area (Å²) in [5.74, 6) is 1.13. The number of carbonyl (C=O) groups excluding carboxylic acids is 1. The van der Waals surface area contributed by atoms with Crippen molar-refractivity contribution in [1.82, 2.24) is 20.2 Å². The molecule has 4 rings (SSSR count). The standard InChI is InChI=1S/C19H26N4O3S.ClH/c1-10-15-17(26-4)21-14(9-25-3)22-18(15)27-16(10)19(24)23(2)13-7-11-5-6-12(8-13)20-11;/h11-13,20H,5-9H2,1-4H3;1H. The summed E-state index contributed by atoms with van der Waals surface area (Å²) in [6.07, 6.45) is 4.51. The van der Waals surface area contributed by atoms with Gasteiger partial charge < -0.3 is 19.7 Å². The molecule has 2 unspecified atom stereocenters. The van der Waals surface area contributed by atoms with E-state index in [1.807, 2.05) is 18.9 Å². The Bertz CT molecular complexity index is 862. The summed E-state index contributed by atoms with van der Waals surface area (Å²) in [6, 6.07) is 1.39. The van der Waals surface area contributed by atoms with Crippen LogP contribution < -0.4 is 10.1 Å². The molecule has 2 aromatic heterocycles. The van der Waals surface area contributed by atoms with E-state index >= 15 is 0 Å². The fourth-order valence-electron chi connectivity index (χ4n) is 4.36. The van der Waals surface area contributed by atoms with E-state index in [1.54, 1.807) is 14.2 Å². The summed E-state index contributed by atoms with van der Waals surface area (Å²) in [4.78, 5) is 25.7. The molecule has 2 atom stereocenters. The maximum Gasteiger partial charge on any atom is 0.264 e. The summed E-state index contributed by atoms with van der Waals surface area (Å²) in [7, 11) is 5.13. The predicted molar refractivity (Wildman–Crippen MR) is 112 cm³/mol. The minimum Gasteiger partial charge on any atom is -0.480 e. The highest BCUT2D eigenvalue weighted by molar-refractivity contribution is 7.20. The molecule has 4 heterocycles. The average Bonchev–Trinajstić information content (AvgIpc) is 3.18. The molecule has 2 aliphatic rings. The largest absolute Gasteiger partial charge is 0.480 e. The molecule has 2 aliphatic heterocycles. The Morgan fingerprint density at radius 3 is 2.54 bits per heavy atom. The number of piperidine rings is 1. The molecular weight excluding hydrogens is 400 g/mol. The number of amides is 1. The number of hydrogen-bond donors (Lipinski definition) is 1. The van der Waals surface area contributed by atoms with Crippen molar-refractivity contribution in [1.29, 1.82) is 0 Å². The lowest BCUT2D eigenvalue weighted by Crippen LogP contribution is -2.48. The van der Waals surface area contributed by atoms with Gasteiger partial charge in [0.2, 0.25) is 5.88 Å². The smallest absolute Gasteiger partial charge is 0.264 e. The molecule has 0 aromatic carbocycles. The number of nitrogens with one attached hydrogen (secondary N) is 1. The van der Waals surface area contributed by atoms with Crippen LogP contribution in [0.5, 0.6) is 5.88 Å². The van der Waals surface area contributed by atoms with Gasteiger partial charge in [-0.05, 0) is 38.2 Å². The SMILES string of the molecule is COCc1nc(OC)c2c(C)c(C(=O)N(C)C3CC4CCC(C3)N4)sc2n1.Cl. The van der Waals surface area contributed by atoms with E-state index in [2.05, 4.69) is 15.3 Å². The molecule has 28 heavy (non-hydrogen) atoms. The Morgan fingerprint density at radius 1 is 1.25 bits per heavy atom. The molecule has 1 amide bonds. The number of thiophene rings is 1. The van der Waals surface area contributed by atoms with Gasteiger partial charge in [0.25, 0.3) is 5.91 Å². The van der Waals surface area contributed by atoms with Gasteiger partial charge in [-0.3, -0.25) is 4.79 Å². The van der Waals surface area contributed by atoms with Crippen LogP contribution in [0, 0.1) is 6.92 Å². The molecule has 0 radical (unpaired) electrons. The Morgan fingerprint density at radius 2 is 1.93 bits per heavy atom. The van der Waals surface area contributed by atoms with E-state index in [1.165, 1.54) is 24.2 Å². The summed E-state index contributed by atoms with van der Waals surface area (Å²) in [5.41, 5.74) is 0.893. The predicted octanol–water partition coefficient (Wildman–Crippen LogP) is 2.93. The number of hydrogen-bond acceptors (Lipinski definition) is 7. The van der Waals surface area contributed by atoms with Crippen molar-refractivity contribution in [2.45, 2.75) is 57.3 Å². The molecule has 2 bridgehead atoms. The molecule has 154 valence electrons. The number of fused-ring (bicyclic) bond motifs is 3. The van der Waals surface area contributed by atoms with Crippen LogP contribution in [0.1, 0.15) is 46.7 Å². The Balaban J connectivity index is 0.00000225. The second-order valence-electron chi connectivity index (χ2n) is 7.50. The molecular formula is C19H27ClN4O3S. The highest BCUT2D eigenvalue weighted by atomic mass is 35.5. The quantitative estimate of drug-likeness (QED) is 0.792. The Kier molecular flexibility index (Phi) is 6.44. The number of methoxy groups -OCH3 is 2. The van der Waals surface area contributed by atoms with Gasteiger partial charge in [-0.25, -0.2) is 4.98 Å². The van der Waals surface area contributed by atoms with Crippen molar-refractivity contribution in [3.8, 4) is 5.88 Å². The van der Waals surface area contributed by atoms with Crippen molar-refractivity contribution in [3.05, 3.63) is 16.3 Å². The lowest BCUT2D eigenvalue weighted by molar-refractivity contribution is 0.0686. The van der Waals surface area contributed by atoms with Crippen LogP contribution in [-0.4, -0.2) is 60.2 Å². The zero-order valence-corrected chi connectivity index (χ0v) is 18.3. The molecule has 7 nitrogen and oxygen atoms in total. The van der Waals surface area contributed by atoms with Crippen molar-refractivity contribution in [3.63, 3.8) is 0 Å². The molecule has 0 saturated carbocycles. The third-order valence-electron chi connectivity index (χ3n) is 5.78. The summed E-state index contributed by atoms with van der Waals surface area (Å²) in [6.45, 7) is 2.26. The van der Waals surface area contributed by atoms with Crippen LogP contribution in [0.15, 0.2) is 0 Å². The monoisotopic (exact) mass is 426 g/mol. The maximum absolute atomic E-state index is 13.3. The van der Waals surface area contributed by atoms with Crippen LogP contribution in [0.3, 0.4) is 0 Å². The number of halogens is 1. The number of nitrogens with zero attached hydrogens (tertiary/aromatic N) is 3. The van der Waals surface area contributed by atoms with Gasteiger partial charge in [0.15, 0.2) is 5.82 Å². The van der Waals surface area contributed by atoms with E-state index in [4.69, 9.17) is 9.47 Å². The van der Waals surface area contributed by atoms with Crippen LogP contribution in [0.2, 0.25) is 0 Å². The lowest BCUT2D eigenvalue weighted by Gasteiger charge is -2.35. The van der Waals surface area contributed by atoms with E-state index in [0.29, 0.717) is 30.4 Å². The van der Waals surface area contributed by atoms with Crippen LogP contribution in [0.4, 0.5) is 0 Å². The minimum absolute atomic E-state index is 0. The highest BCUT2D eigenvalue weighted by Gasteiger charge is 2.37. The molecule has 2 saturated heterocycles. The van der Waals surface area contributed by atoms with Crippen LogP contribution in [-0.2, 0) is 11.3 Å². The van der Waals surface area contributed by atoms with E-state index in [-0.39, 0.29) is 24.4 Å². The minimum atomic E-state index is 0. The maximum atomic E-state index is 13.3. The van der Waals surface area contributed by atoms with Crippen molar-refractivity contribution < 1.29 is 14.3 Å². The highest BCUT2D eigenvalue weighted by Crippen LogP contribution is 2.37. The average molecular weight is 427 g/mol. The molecule has 0 spiro atoms. The number of carbonyl (C=O) groups is 1. The molecule has 1 N–H and O–H groups in total. The second kappa shape index (κ2) is 8.49. The van der Waals surface area contributed by atoms with Gasteiger partial charge in [0, 0.05) is 32.3 Å². The second-order valence-corrected chi connectivity index (χ2v) is 8.50. The lowest BCUT2D eigenvalue weighted by atomic mass is 9.98. The third kappa shape index (κ3) is 3.70.